The molecule has 9 aromatic rings. The van der Waals surface area contributed by atoms with Crippen molar-refractivity contribution in [2.45, 2.75) is 0 Å². The molecule has 4 aromatic heterocycles. The van der Waals surface area contributed by atoms with Gasteiger partial charge in [0, 0.05) is 50.7 Å². The van der Waals surface area contributed by atoms with E-state index in [1.807, 2.05) is 97.2 Å². The smallest absolute Gasteiger partial charge is 0.208 e. The fourth-order valence-corrected chi connectivity index (χ4v) is 8.90. The van der Waals surface area contributed by atoms with Crippen LogP contribution in [0.2, 0.25) is 0 Å². The minimum Gasteiger partial charge on any atom is -0.305 e. The van der Waals surface area contributed by atoms with Gasteiger partial charge in [0.15, 0.2) is 5.57 Å². The zero-order chi connectivity index (χ0) is 28.5. The molecule has 0 amide bonds. The van der Waals surface area contributed by atoms with Crippen LogP contribution in [0.25, 0.3) is 60.0 Å². The number of imidazole rings is 1. The number of pyridine rings is 2. The Morgan fingerprint density at radius 3 is 2.19 bits per heavy atom. The van der Waals surface area contributed by atoms with E-state index in [1.165, 1.54) is 0 Å². The second kappa shape index (κ2) is 9.02. The van der Waals surface area contributed by atoms with Crippen molar-refractivity contribution >= 4 is 83.3 Å². The van der Waals surface area contributed by atoms with Crippen LogP contribution in [0.15, 0.2) is 134 Å². The molecule has 9 rings (SSSR count). The summed E-state index contributed by atoms with van der Waals surface area (Å²) in [5.74, 6) is 0. The van der Waals surface area contributed by atoms with Crippen molar-refractivity contribution in [1.29, 1.82) is 0 Å². The highest BCUT2D eigenvalue weighted by atomic mass is 31.2. The van der Waals surface area contributed by atoms with Gasteiger partial charge in [0.05, 0.1) is 22.1 Å². The average molecular weight is 572 g/mol. The molecule has 0 radical (unpaired) electrons. The van der Waals surface area contributed by atoms with E-state index >= 15 is 4.57 Å². The molecule has 0 aliphatic rings. The van der Waals surface area contributed by atoms with E-state index < -0.39 is 7.14 Å². The Hall–Kier alpha value is -5.45. The normalized spacial score (nSPS) is 13.4. The van der Waals surface area contributed by atoms with Crippen LogP contribution in [0.3, 0.4) is 0 Å². The van der Waals surface area contributed by atoms with Crippen LogP contribution in [0.4, 0.5) is 0 Å². The molecular formula is C36H22N5OP. The van der Waals surface area contributed by atoms with Gasteiger partial charge < -0.3 is 4.57 Å². The van der Waals surface area contributed by atoms with E-state index in [0.717, 1.165) is 60.0 Å². The van der Waals surface area contributed by atoms with E-state index in [0.29, 0.717) is 10.6 Å². The van der Waals surface area contributed by atoms with Gasteiger partial charge in [0.2, 0.25) is 7.14 Å². The Morgan fingerprint density at radius 2 is 1.30 bits per heavy atom. The summed E-state index contributed by atoms with van der Waals surface area (Å²) < 4.78 is 18.3. The van der Waals surface area contributed by atoms with Crippen LogP contribution < -0.4 is 16.2 Å². The van der Waals surface area contributed by atoms with Crippen molar-refractivity contribution in [3.8, 4) is 0 Å². The summed E-state index contributed by atoms with van der Waals surface area (Å²) in [6, 6.07) is 38.2. The van der Waals surface area contributed by atoms with Crippen LogP contribution in [0, 0.1) is 0 Å². The number of benzene rings is 5. The number of para-hydroxylation sites is 4. The van der Waals surface area contributed by atoms with Gasteiger partial charge in [-0.25, -0.2) is 15.0 Å². The molecule has 43 heavy (non-hydrogen) atoms. The van der Waals surface area contributed by atoms with Gasteiger partial charge in [-0.1, -0.05) is 84.9 Å². The molecule has 0 spiro atoms. The highest BCUT2D eigenvalue weighted by Crippen LogP contribution is 2.45. The largest absolute Gasteiger partial charge is 0.305 e. The molecule has 0 fully saturated rings. The quantitative estimate of drug-likeness (QED) is 0.170. The van der Waals surface area contributed by atoms with Crippen molar-refractivity contribution < 1.29 is 4.57 Å². The molecule has 0 aliphatic heterocycles. The molecule has 0 saturated heterocycles. The standard InChI is InChI=1S/C36H22N5OP/c42-43(26-18-17-23-9-1-2-10-24(23)19-26,36-38-20-25-11-3-5-13-29(25)40-36)33-22-37-21-28-34(33)27-12-4-7-15-31(27)41-32-16-8-6-14-30(32)39-35(28)41/h1-22H. The van der Waals surface area contributed by atoms with Crippen LogP contribution >= 0.6 is 7.14 Å². The first-order valence-electron chi connectivity index (χ1n) is 14.1. The van der Waals surface area contributed by atoms with Crippen LogP contribution in [-0.2, 0) is 4.57 Å². The molecular weight excluding hydrogens is 549 g/mol. The maximum Gasteiger partial charge on any atom is 0.208 e. The lowest BCUT2D eigenvalue weighted by atomic mass is 10.1. The molecule has 5 aromatic carbocycles. The molecule has 1 atom stereocenters. The maximum absolute atomic E-state index is 16.1. The minimum absolute atomic E-state index is 0.285. The second-order valence-corrected chi connectivity index (χ2v) is 13.3. The van der Waals surface area contributed by atoms with Crippen LogP contribution in [-0.4, -0.2) is 24.3 Å². The van der Waals surface area contributed by atoms with Crippen LogP contribution in [0.5, 0.6) is 0 Å². The second-order valence-electron chi connectivity index (χ2n) is 10.7. The molecule has 202 valence electrons. The third-order valence-corrected chi connectivity index (χ3v) is 11.1. The Balaban J connectivity index is 1.47. The van der Waals surface area contributed by atoms with Gasteiger partial charge in [-0.2, -0.15) is 0 Å². The van der Waals surface area contributed by atoms with Gasteiger partial charge in [0.25, 0.3) is 0 Å². The van der Waals surface area contributed by atoms with Gasteiger partial charge in [0.1, 0.15) is 5.65 Å². The summed E-state index contributed by atoms with van der Waals surface area (Å²) in [6.07, 6.45) is 5.34. The molecule has 7 heteroatoms. The summed E-state index contributed by atoms with van der Waals surface area (Å²) in [7, 11) is -3.67. The maximum atomic E-state index is 16.1. The van der Waals surface area contributed by atoms with Gasteiger partial charge >= 0.3 is 0 Å². The number of rotatable bonds is 3. The molecule has 4 heterocycles. The van der Waals surface area contributed by atoms with Gasteiger partial charge in [-0.15, -0.1) is 0 Å². The molecule has 1 unspecified atom stereocenters. The average Bonchev–Trinajstić information content (AvgIpc) is 3.47. The van der Waals surface area contributed by atoms with Gasteiger partial charge in [-0.05, 0) is 41.1 Å². The SMILES string of the molecule is O=P(c1ccc2ccccc2c1)(c1ncc2ccccc2n1)c1cncc2c1c1ccccc1n1c3ccccc3nc21. The molecule has 0 N–H and O–H groups in total. The number of aromatic nitrogens is 5. The third kappa shape index (κ3) is 3.44. The summed E-state index contributed by atoms with van der Waals surface area (Å²) in [5.41, 5.74) is 4.68. The number of hydrogen-bond acceptors (Lipinski definition) is 5. The third-order valence-electron chi connectivity index (χ3n) is 8.34. The first kappa shape index (κ1) is 24.2. The zero-order valence-corrected chi connectivity index (χ0v) is 23.7. The Bertz CT molecular complexity index is 2540. The molecule has 0 aliphatic carbocycles. The lowest BCUT2D eigenvalue weighted by molar-refractivity contribution is 0.591. The molecule has 0 saturated carbocycles. The first-order chi connectivity index (χ1) is 21.2. The lowest BCUT2D eigenvalue weighted by Crippen LogP contribution is -2.30. The predicted molar refractivity (Wildman–Crippen MR) is 175 cm³/mol. The minimum atomic E-state index is -3.67. The Kier molecular flexibility index (Phi) is 5.07. The number of fused-ring (bicyclic) bond motifs is 10. The van der Waals surface area contributed by atoms with Crippen molar-refractivity contribution in [2.75, 3.05) is 0 Å². The summed E-state index contributed by atoms with van der Waals surface area (Å²) in [4.78, 5) is 19.5. The van der Waals surface area contributed by atoms with Crippen molar-refractivity contribution in [1.82, 2.24) is 24.3 Å². The fraction of sp³-hybridized carbons (Fsp3) is 0. The van der Waals surface area contributed by atoms with Gasteiger partial charge in [-0.3, -0.25) is 9.38 Å². The van der Waals surface area contributed by atoms with Crippen molar-refractivity contribution in [2.24, 2.45) is 0 Å². The van der Waals surface area contributed by atoms with Crippen molar-refractivity contribution in [3.05, 3.63) is 134 Å². The van der Waals surface area contributed by atoms with E-state index in [-0.39, 0.29) is 5.57 Å². The van der Waals surface area contributed by atoms with E-state index in [4.69, 9.17) is 19.9 Å². The Labute approximate surface area is 245 Å². The van der Waals surface area contributed by atoms with Crippen molar-refractivity contribution in [3.63, 3.8) is 0 Å². The Morgan fingerprint density at radius 1 is 0.581 bits per heavy atom. The molecule has 0 bridgehead atoms. The fourth-order valence-electron chi connectivity index (χ4n) is 6.32. The monoisotopic (exact) mass is 571 g/mol. The predicted octanol–water partition coefficient (Wildman–Crippen LogP) is 6.92. The van der Waals surface area contributed by atoms with E-state index in [1.54, 1.807) is 12.4 Å². The lowest BCUT2D eigenvalue weighted by Gasteiger charge is -2.21. The van der Waals surface area contributed by atoms with Crippen LogP contribution in [0.1, 0.15) is 0 Å². The zero-order valence-electron chi connectivity index (χ0n) is 22.8. The summed E-state index contributed by atoms with van der Waals surface area (Å²) in [5, 5.41) is 6.87. The number of hydrogen-bond donors (Lipinski definition) is 0. The summed E-state index contributed by atoms with van der Waals surface area (Å²) >= 11 is 0. The highest BCUT2D eigenvalue weighted by Gasteiger charge is 2.36. The first-order valence-corrected chi connectivity index (χ1v) is 15.8. The number of nitrogens with zero attached hydrogens (tertiary/aromatic N) is 5. The topological polar surface area (TPSA) is 73.0 Å². The molecule has 6 nitrogen and oxygen atoms in total. The van der Waals surface area contributed by atoms with E-state index in [2.05, 4.69) is 28.7 Å². The summed E-state index contributed by atoms with van der Waals surface area (Å²) in [6.45, 7) is 0. The highest BCUT2D eigenvalue weighted by molar-refractivity contribution is 7.85. The van der Waals surface area contributed by atoms with E-state index in [9.17, 15) is 0 Å².